The van der Waals surface area contributed by atoms with Gasteiger partial charge in [-0.1, -0.05) is 39.8 Å². The Balaban J connectivity index is 1.60. The number of nitrogens with zero attached hydrogens (tertiary/aromatic N) is 5. The fourth-order valence-corrected chi connectivity index (χ4v) is 9.92. The highest BCUT2D eigenvalue weighted by Gasteiger charge is 2.56. The molecular weight excluding hydrogens is 906 g/mol. The lowest BCUT2D eigenvalue weighted by Crippen LogP contribution is -2.61. The number of ketones is 1. The number of cyclic esters (lactones) is 1. The third-order valence-electron chi connectivity index (χ3n) is 13.1. The van der Waals surface area contributed by atoms with Gasteiger partial charge in [0, 0.05) is 47.2 Å². The number of amides is 2. The number of rotatable bonds is 11. The zero-order valence-corrected chi connectivity index (χ0v) is 42.0. The molecule has 0 saturated carbocycles. The second kappa shape index (κ2) is 22.7. The number of hydrogen-bond donors (Lipinski definition) is 4. The zero-order valence-electron chi connectivity index (χ0n) is 41.2. The first-order valence-corrected chi connectivity index (χ1v) is 24.1. The number of nitrogens with one attached hydrogen (secondary N) is 1. The number of halogens is 1. The molecule has 19 nitrogen and oxygen atoms in total. The van der Waals surface area contributed by atoms with Gasteiger partial charge in [-0.25, -0.2) is 19.2 Å². The summed E-state index contributed by atoms with van der Waals surface area (Å²) < 4.78 is 49.0. The zero-order chi connectivity index (χ0) is 50.5. The molecule has 14 atom stereocenters. The summed E-state index contributed by atoms with van der Waals surface area (Å²) in [4.78, 5) is 75.0. The third-order valence-corrected chi connectivity index (χ3v) is 13.9. The maximum atomic E-state index is 17.0. The Labute approximate surface area is 401 Å². The highest BCUT2D eigenvalue weighted by atomic mass is 32.1. The number of Topliss-reactive ketones (excluding diaryl/α,β-unsaturated/α-hetero) is 1. The molecule has 3 aliphatic rings. The van der Waals surface area contributed by atoms with Crippen molar-refractivity contribution in [2.45, 2.75) is 167 Å². The Morgan fingerprint density at radius 2 is 1.82 bits per heavy atom. The maximum absolute atomic E-state index is 17.0. The number of thiazole rings is 1. The minimum absolute atomic E-state index is 0.0199. The molecule has 3 saturated heterocycles. The van der Waals surface area contributed by atoms with Crippen molar-refractivity contribution in [1.29, 1.82) is 0 Å². The van der Waals surface area contributed by atoms with E-state index in [1.807, 2.05) is 32.8 Å². The summed E-state index contributed by atoms with van der Waals surface area (Å²) in [5.74, 6) is -6.14. The highest BCUT2D eigenvalue weighted by Crippen LogP contribution is 2.41. The first-order valence-electron chi connectivity index (χ1n) is 23.2. The van der Waals surface area contributed by atoms with Gasteiger partial charge in [-0.3, -0.25) is 19.4 Å². The number of esters is 1. The van der Waals surface area contributed by atoms with Crippen molar-refractivity contribution in [2.24, 2.45) is 33.6 Å². The number of hydrogen-bond acceptors (Lipinski definition) is 18. The number of aromatic nitrogens is 2. The minimum atomic E-state index is -3.24. The van der Waals surface area contributed by atoms with Crippen molar-refractivity contribution >= 4 is 52.1 Å². The molecule has 2 aromatic heterocycles. The summed E-state index contributed by atoms with van der Waals surface area (Å²) >= 11 is 1.32. The number of pyridine rings is 1. The largest absolute Gasteiger partial charge is 0.457 e. The van der Waals surface area contributed by atoms with Gasteiger partial charge in [0.25, 0.3) is 5.67 Å². The predicted octanol–water partition coefficient (Wildman–Crippen LogP) is 4.41. The number of carbonyl (C=O) groups is 4. The van der Waals surface area contributed by atoms with Crippen LogP contribution in [0, 0.1) is 17.8 Å². The average Bonchev–Trinajstić information content (AvgIpc) is 3.75. The van der Waals surface area contributed by atoms with Gasteiger partial charge >= 0.3 is 5.97 Å². The molecule has 378 valence electrons. The van der Waals surface area contributed by atoms with Crippen LogP contribution >= 0.6 is 11.3 Å². The molecule has 2 aromatic rings. The molecule has 5 N–H and O–H groups in total. The van der Waals surface area contributed by atoms with E-state index in [1.165, 1.54) is 25.2 Å². The number of aliphatic imine (C=N–C) groups is 1. The summed E-state index contributed by atoms with van der Waals surface area (Å²) in [5, 5.41) is 33.6. The molecule has 5 rings (SSSR count). The lowest BCUT2D eigenvalue weighted by Gasteiger charge is -2.47. The highest BCUT2D eigenvalue weighted by molar-refractivity contribution is 7.13. The number of anilines is 1. The number of aliphatic hydroxyl groups excluding tert-OH is 1. The second-order valence-corrected chi connectivity index (χ2v) is 20.0. The summed E-state index contributed by atoms with van der Waals surface area (Å²) in [6.45, 7) is 14.7. The van der Waals surface area contributed by atoms with E-state index in [0.29, 0.717) is 34.2 Å². The van der Waals surface area contributed by atoms with Crippen molar-refractivity contribution in [3.05, 3.63) is 29.4 Å². The smallest absolute Gasteiger partial charge is 0.351 e. The fraction of sp³-hybridized carbons (Fsp3) is 0.702. The number of nitrogens with two attached hydrogens (primary N) is 1. The number of oxime groups is 1. The molecule has 0 radical (unpaired) electrons. The summed E-state index contributed by atoms with van der Waals surface area (Å²) in [6, 6.07) is 2.39. The monoisotopic (exact) mass is 975 g/mol. The minimum Gasteiger partial charge on any atom is -0.457 e. The summed E-state index contributed by atoms with van der Waals surface area (Å²) in [7, 11) is 3.62. The van der Waals surface area contributed by atoms with Crippen molar-refractivity contribution in [1.82, 2.24) is 14.9 Å². The van der Waals surface area contributed by atoms with E-state index < -0.39 is 101 Å². The number of carbonyl (C=O) groups excluding carboxylic acids is 4. The molecule has 3 fully saturated rings. The molecule has 21 heteroatoms. The number of likely N-dealkylation sites (N-methyl/N-ethyl adjacent to an activating group) is 1. The van der Waals surface area contributed by atoms with Crippen molar-refractivity contribution < 1.29 is 62.3 Å². The van der Waals surface area contributed by atoms with Gasteiger partial charge in [0.2, 0.25) is 11.8 Å². The normalized spacial score (nSPS) is 36.1. The van der Waals surface area contributed by atoms with Crippen LogP contribution in [0.2, 0.25) is 0 Å². The Hall–Kier alpha value is -4.19. The number of ether oxygens (including phenoxy) is 5. The van der Waals surface area contributed by atoms with Crippen LogP contribution < -0.4 is 11.1 Å². The van der Waals surface area contributed by atoms with Crippen molar-refractivity contribution in [3.63, 3.8) is 0 Å². The van der Waals surface area contributed by atoms with Gasteiger partial charge < -0.3 is 54.7 Å². The van der Waals surface area contributed by atoms with Crippen LogP contribution in [0.4, 0.5) is 10.2 Å². The Morgan fingerprint density at radius 3 is 2.44 bits per heavy atom. The van der Waals surface area contributed by atoms with Crippen LogP contribution in [-0.2, 0) is 54.3 Å². The van der Waals surface area contributed by atoms with Crippen LogP contribution in [0.5, 0.6) is 0 Å². The van der Waals surface area contributed by atoms with Crippen LogP contribution in [-0.4, -0.2) is 153 Å². The molecule has 3 aliphatic heterocycles. The second-order valence-electron chi connectivity index (χ2n) is 19.1. The number of aliphatic hydroxyl groups is 2. The van der Waals surface area contributed by atoms with Gasteiger partial charge in [0.1, 0.15) is 34.3 Å². The lowest BCUT2D eigenvalue weighted by atomic mass is 9.73. The van der Waals surface area contributed by atoms with E-state index in [4.69, 9.17) is 34.3 Å². The molecular formula is C47H70FN7O12S. The topological polar surface area (TPSA) is 256 Å². The lowest BCUT2D eigenvalue weighted by molar-refractivity contribution is -0.296. The van der Waals surface area contributed by atoms with Crippen molar-refractivity contribution in [3.8, 4) is 10.6 Å². The van der Waals surface area contributed by atoms with Gasteiger partial charge in [0.15, 0.2) is 18.7 Å². The fourth-order valence-electron chi connectivity index (χ4n) is 9.18. The quantitative estimate of drug-likeness (QED) is 0.138. The van der Waals surface area contributed by atoms with Gasteiger partial charge in [-0.2, -0.15) is 0 Å². The number of fused-ring (bicyclic) bond motifs is 5. The Kier molecular flexibility index (Phi) is 18.3. The standard InChI is InChI=1S/C47H70FN7O12S/c1-13-33-47(10,61)40-26(5)36(53-35(56)14-2)24(3)18-45(8,39(27(6)38(58)46(9,48)44(60)66-33)67-43-37(57)32(55(11)12)17-25(4)65-43)63-21-31(20-62-40)54-64-22-30-16-15-29(19-50-30)42-52-34(23-68-42)51-41(59)28(7)49/h15-16,19,23-28,32-33,37,39-40,43,57,61H,13-14,17-18,20-22,49H2,1-12H3,(H,51,59)/b53-36?,54-31+/t24-,25-,26+,27+,28+,32+,33-,37-,39-,40-,43+,45?,46?,47?/m1/s1. The summed E-state index contributed by atoms with van der Waals surface area (Å²) in [5.41, 5.74) is 0.406. The summed E-state index contributed by atoms with van der Waals surface area (Å²) in [6.07, 6.45) is -5.04. The third kappa shape index (κ3) is 12.6. The molecule has 3 unspecified atom stereocenters. The van der Waals surface area contributed by atoms with E-state index in [-0.39, 0.29) is 50.7 Å². The van der Waals surface area contributed by atoms with Gasteiger partial charge in [-0.15, -0.1) is 11.3 Å². The maximum Gasteiger partial charge on any atom is 0.351 e. The van der Waals surface area contributed by atoms with E-state index >= 15 is 4.39 Å². The van der Waals surface area contributed by atoms with Crippen LogP contribution in [0.15, 0.2) is 33.9 Å². The van der Waals surface area contributed by atoms with Crippen molar-refractivity contribution in [2.75, 3.05) is 32.6 Å². The van der Waals surface area contributed by atoms with E-state index in [2.05, 4.69) is 25.4 Å². The van der Waals surface area contributed by atoms with E-state index in [1.54, 1.807) is 58.3 Å². The van der Waals surface area contributed by atoms with E-state index in [9.17, 15) is 29.4 Å². The van der Waals surface area contributed by atoms with Crippen LogP contribution in [0.1, 0.15) is 101 Å². The molecule has 68 heavy (non-hydrogen) atoms. The Bertz CT molecular complexity index is 2150. The first kappa shape index (κ1) is 54.7. The molecule has 2 amide bonds. The molecule has 5 heterocycles. The molecule has 2 bridgehead atoms. The molecule has 0 spiro atoms. The number of alkyl halides is 1. The van der Waals surface area contributed by atoms with E-state index in [0.717, 1.165) is 6.92 Å². The SMILES string of the molecule is CCC(=O)N=C1[C@H](C)CC2(C)OC/C(=N/OCc3ccc(-c4nc(NC(=O)[C@H](C)N)cs4)cn3)CO[C@H]([C@H]1C)C(C)(O)[C@@H](CC)OC(=O)C(C)(F)C(=O)[C@H](C)[C@H]2O[C@@H]1O[C@H](C)C[C@H](N(C)C)[C@H]1O. The first-order chi connectivity index (χ1) is 31.8. The van der Waals surface area contributed by atoms with Gasteiger partial charge in [-0.05, 0) is 86.0 Å². The predicted molar refractivity (Wildman–Crippen MR) is 251 cm³/mol. The Morgan fingerprint density at radius 1 is 1.12 bits per heavy atom. The van der Waals surface area contributed by atoms with Gasteiger partial charge in [0.05, 0.1) is 48.9 Å². The van der Waals surface area contributed by atoms with Crippen LogP contribution in [0.25, 0.3) is 10.6 Å². The molecule has 0 aromatic carbocycles. The van der Waals surface area contributed by atoms with Crippen LogP contribution in [0.3, 0.4) is 0 Å². The molecule has 0 aliphatic carbocycles. The average molecular weight is 976 g/mol.